The predicted octanol–water partition coefficient (Wildman–Crippen LogP) is 1.68. The van der Waals surface area contributed by atoms with E-state index >= 15 is 0 Å². The number of rotatable bonds is 1. The van der Waals surface area contributed by atoms with Gasteiger partial charge in [-0.25, -0.2) is 9.78 Å². The van der Waals surface area contributed by atoms with Crippen LogP contribution >= 0.6 is 0 Å². The van der Waals surface area contributed by atoms with E-state index in [0.29, 0.717) is 17.7 Å². The van der Waals surface area contributed by atoms with E-state index in [9.17, 15) is 9.59 Å². The molecule has 1 aromatic heterocycles. The van der Waals surface area contributed by atoms with Crippen molar-refractivity contribution in [2.45, 2.75) is 26.7 Å². The average Bonchev–Trinajstić information content (AvgIpc) is 2.55. The van der Waals surface area contributed by atoms with Gasteiger partial charge in [-0.1, -0.05) is 13.8 Å². The first-order chi connectivity index (χ1) is 9.45. The minimum absolute atomic E-state index is 0.174. The third-order valence-electron chi connectivity index (χ3n) is 3.73. The summed E-state index contributed by atoms with van der Waals surface area (Å²) in [6.07, 6.45) is 3.57. The maximum Gasteiger partial charge on any atom is 0.323 e. The van der Waals surface area contributed by atoms with Crippen LogP contribution in [0.3, 0.4) is 0 Å². The first-order valence-corrected chi connectivity index (χ1v) is 7.04. The smallest absolute Gasteiger partial charge is 0.323 e. The molecule has 1 saturated heterocycles. The largest absolute Gasteiger partial charge is 0.324 e. The first kappa shape index (κ1) is 14.6. The summed E-state index contributed by atoms with van der Waals surface area (Å²) >= 11 is 0. The van der Waals surface area contributed by atoms with Crippen LogP contribution in [-0.2, 0) is 7.05 Å². The summed E-state index contributed by atoms with van der Waals surface area (Å²) in [7, 11) is 1.62. The van der Waals surface area contributed by atoms with Crippen molar-refractivity contribution in [3.63, 3.8) is 0 Å². The van der Waals surface area contributed by atoms with Crippen molar-refractivity contribution in [2.75, 3.05) is 18.4 Å². The zero-order valence-electron chi connectivity index (χ0n) is 12.3. The third kappa shape index (κ3) is 3.59. The lowest BCUT2D eigenvalue weighted by Crippen LogP contribution is -2.38. The Morgan fingerprint density at radius 2 is 2.15 bits per heavy atom. The molecule has 1 aliphatic heterocycles. The maximum absolute atomic E-state index is 12.2. The summed E-state index contributed by atoms with van der Waals surface area (Å²) in [4.78, 5) is 29.6. The molecular weight excluding hydrogens is 256 g/mol. The number of amides is 2. The standard InChI is InChI=1S/C14H22N4O2/c1-10-4-5-18(8-11(2)6-10)14(20)16-12-7-13(19)17(3)9-15-12/h7,9-11H,4-6,8H2,1-3H3,(H,16,20)/t10-,11-/m1/s1. The molecule has 0 radical (unpaired) electrons. The Morgan fingerprint density at radius 1 is 1.40 bits per heavy atom. The fourth-order valence-electron chi connectivity index (χ4n) is 2.63. The molecule has 0 bridgehead atoms. The van der Waals surface area contributed by atoms with Gasteiger partial charge in [-0.05, 0) is 24.7 Å². The van der Waals surface area contributed by atoms with E-state index in [-0.39, 0.29) is 11.6 Å². The fourth-order valence-corrected chi connectivity index (χ4v) is 2.63. The highest BCUT2D eigenvalue weighted by molar-refractivity contribution is 5.88. The molecule has 0 aliphatic carbocycles. The van der Waals surface area contributed by atoms with Gasteiger partial charge >= 0.3 is 6.03 Å². The SMILES string of the molecule is C[C@@H]1CCN(C(=O)Nc2cc(=O)n(C)cn2)C[C@H](C)C1. The van der Waals surface area contributed by atoms with Crippen LogP contribution in [-0.4, -0.2) is 33.6 Å². The number of nitrogens with zero attached hydrogens (tertiary/aromatic N) is 3. The highest BCUT2D eigenvalue weighted by Gasteiger charge is 2.22. The van der Waals surface area contributed by atoms with E-state index in [4.69, 9.17) is 0 Å². The van der Waals surface area contributed by atoms with E-state index in [1.165, 1.54) is 17.0 Å². The molecule has 0 aromatic carbocycles. The van der Waals surface area contributed by atoms with Gasteiger partial charge < -0.3 is 9.47 Å². The quantitative estimate of drug-likeness (QED) is 0.850. The van der Waals surface area contributed by atoms with Crippen molar-refractivity contribution in [1.29, 1.82) is 0 Å². The van der Waals surface area contributed by atoms with Crippen LogP contribution in [0.1, 0.15) is 26.7 Å². The van der Waals surface area contributed by atoms with Crippen molar-refractivity contribution in [2.24, 2.45) is 18.9 Å². The van der Waals surface area contributed by atoms with Crippen molar-refractivity contribution >= 4 is 11.8 Å². The number of carbonyl (C=O) groups is 1. The van der Waals surface area contributed by atoms with Crippen molar-refractivity contribution in [3.8, 4) is 0 Å². The molecule has 2 rings (SSSR count). The zero-order valence-corrected chi connectivity index (χ0v) is 12.3. The van der Waals surface area contributed by atoms with Crippen LogP contribution in [0.15, 0.2) is 17.2 Å². The second-order valence-corrected chi connectivity index (χ2v) is 5.83. The van der Waals surface area contributed by atoms with Crippen LogP contribution in [0.4, 0.5) is 10.6 Å². The monoisotopic (exact) mass is 278 g/mol. The molecule has 110 valence electrons. The minimum Gasteiger partial charge on any atom is -0.324 e. The Kier molecular flexibility index (Phi) is 4.42. The highest BCUT2D eigenvalue weighted by Crippen LogP contribution is 2.21. The van der Waals surface area contributed by atoms with Gasteiger partial charge in [0.15, 0.2) is 0 Å². The predicted molar refractivity (Wildman–Crippen MR) is 77.6 cm³/mol. The normalized spacial score (nSPS) is 23.2. The number of carbonyl (C=O) groups excluding carboxylic acids is 1. The summed E-state index contributed by atoms with van der Waals surface area (Å²) in [5, 5.41) is 2.71. The molecular formula is C14H22N4O2. The molecule has 6 nitrogen and oxygen atoms in total. The molecule has 20 heavy (non-hydrogen) atoms. The summed E-state index contributed by atoms with van der Waals surface area (Å²) in [6, 6.07) is 1.16. The molecule has 6 heteroatoms. The van der Waals surface area contributed by atoms with Gasteiger partial charge in [-0.2, -0.15) is 0 Å². The molecule has 2 atom stereocenters. The van der Waals surface area contributed by atoms with Gasteiger partial charge in [0.25, 0.3) is 5.56 Å². The third-order valence-corrected chi connectivity index (χ3v) is 3.73. The van der Waals surface area contributed by atoms with Crippen LogP contribution < -0.4 is 10.9 Å². The summed E-state index contributed by atoms with van der Waals surface area (Å²) in [6.45, 7) is 5.89. The Hall–Kier alpha value is -1.85. The van der Waals surface area contributed by atoms with Gasteiger partial charge in [-0.3, -0.25) is 10.1 Å². The number of likely N-dealkylation sites (tertiary alicyclic amines) is 1. The molecule has 2 heterocycles. The molecule has 2 amide bonds. The van der Waals surface area contributed by atoms with E-state index in [1.54, 1.807) is 7.05 Å². The zero-order chi connectivity index (χ0) is 14.7. The number of hydrogen-bond acceptors (Lipinski definition) is 3. The number of hydrogen-bond donors (Lipinski definition) is 1. The Bertz CT molecular complexity index is 540. The van der Waals surface area contributed by atoms with Crippen LogP contribution in [0, 0.1) is 11.8 Å². The molecule has 0 unspecified atom stereocenters. The first-order valence-electron chi connectivity index (χ1n) is 7.04. The number of anilines is 1. The second-order valence-electron chi connectivity index (χ2n) is 5.83. The van der Waals surface area contributed by atoms with Gasteiger partial charge in [0.05, 0.1) is 6.33 Å². The highest BCUT2D eigenvalue weighted by atomic mass is 16.2. The van der Waals surface area contributed by atoms with Crippen molar-refractivity contribution in [1.82, 2.24) is 14.5 Å². The number of aryl methyl sites for hydroxylation is 1. The van der Waals surface area contributed by atoms with E-state index < -0.39 is 0 Å². The Labute approximate surface area is 118 Å². The summed E-state index contributed by atoms with van der Waals surface area (Å²) < 4.78 is 1.37. The van der Waals surface area contributed by atoms with E-state index in [1.807, 2.05) is 4.90 Å². The second kappa shape index (κ2) is 6.07. The molecule has 0 spiro atoms. The topological polar surface area (TPSA) is 67.2 Å². The Balaban J connectivity index is 2.03. The van der Waals surface area contributed by atoms with Crippen molar-refractivity contribution in [3.05, 3.63) is 22.7 Å². The van der Waals surface area contributed by atoms with E-state index in [2.05, 4.69) is 24.1 Å². The molecule has 0 saturated carbocycles. The van der Waals surface area contributed by atoms with Crippen LogP contribution in [0.25, 0.3) is 0 Å². The number of nitrogens with one attached hydrogen (secondary N) is 1. The van der Waals surface area contributed by atoms with Gasteiger partial charge in [0, 0.05) is 26.2 Å². The van der Waals surface area contributed by atoms with E-state index in [0.717, 1.165) is 25.9 Å². The Morgan fingerprint density at radius 3 is 2.85 bits per heavy atom. The van der Waals surface area contributed by atoms with Gasteiger partial charge in [0.1, 0.15) is 5.82 Å². The van der Waals surface area contributed by atoms with Crippen LogP contribution in [0.5, 0.6) is 0 Å². The number of urea groups is 1. The lowest BCUT2D eigenvalue weighted by Gasteiger charge is -2.22. The lowest BCUT2D eigenvalue weighted by atomic mass is 9.97. The molecule has 1 fully saturated rings. The van der Waals surface area contributed by atoms with Gasteiger partial charge in [-0.15, -0.1) is 0 Å². The van der Waals surface area contributed by atoms with Gasteiger partial charge in [0.2, 0.25) is 0 Å². The minimum atomic E-state index is -0.187. The fraction of sp³-hybridized carbons (Fsp3) is 0.643. The van der Waals surface area contributed by atoms with Crippen LogP contribution in [0.2, 0.25) is 0 Å². The molecule has 1 aliphatic rings. The maximum atomic E-state index is 12.2. The van der Waals surface area contributed by atoms with Crippen molar-refractivity contribution < 1.29 is 4.79 Å². The lowest BCUT2D eigenvalue weighted by molar-refractivity contribution is 0.207. The average molecular weight is 278 g/mol. The molecule has 1 N–H and O–H groups in total. The number of aromatic nitrogens is 2. The molecule has 1 aromatic rings. The summed E-state index contributed by atoms with van der Waals surface area (Å²) in [5.41, 5.74) is -0.187. The summed E-state index contributed by atoms with van der Waals surface area (Å²) in [5.74, 6) is 1.45.